The molecule has 1 aliphatic rings. The lowest BCUT2D eigenvalue weighted by Gasteiger charge is -2.33. The Morgan fingerprint density at radius 1 is 1.35 bits per heavy atom. The first-order valence-corrected chi connectivity index (χ1v) is 9.25. The first kappa shape index (κ1) is 18.5. The zero-order valence-corrected chi connectivity index (χ0v) is 15.6. The number of aromatic nitrogens is 2. The number of methoxy groups -OCH3 is 1. The fourth-order valence-corrected chi connectivity index (χ4v) is 3.53. The van der Waals surface area contributed by atoms with Crippen molar-refractivity contribution in [2.24, 2.45) is 0 Å². The number of para-hydroxylation sites is 1. The lowest BCUT2D eigenvalue weighted by atomic mass is 9.96. The van der Waals surface area contributed by atoms with Crippen LogP contribution in [0, 0.1) is 0 Å². The number of imidazole rings is 1. The monoisotopic (exact) mass is 357 g/mol. The van der Waals surface area contributed by atoms with Gasteiger partial charge in [0.2, 0.25) is 0 Å². The van der Waals surface area contributed by atoms with Crippen LogP contribution in [-0.4, -0.2) is 53.8 Å². The number of amides is 1. The summed E-state index contributed by atoms with van der Waals surface area (Å²) < 4.78 is 13.0. The highest BCUT2D eigenvalue weighted by Crippen LogP contribution is 2.28. The van der Waals surface area contributed by atoms with Gasteiger partial charge in [-0.1, -0.05) is 12.1 Å². The molecule has 0 radical (unpaired) electrons. The summed E-state index contributed by atoms with van der Waals surface area (Å²) in [4.78, 5) is 19.5. The number of carbonyl (C=O) groups excluding carboxylic acids is 1. The maximum atomic E-state index is 13.1. The molecule has 140 valence electrons. The summed E-state index contributed by atoms with van der Waals surface area (Å²) in [6, 6.07) is 7.48. The fraction of sp³-hybridized carbons (Fsp3) is 0.500. The van der Waals surface area contributed by atoms with E-state index in [1.54, 1.807) is 7.11 Å². The largest absolute Gasteiger partial charge is 0.493 e. The van der Waals surface area contributed by atoms with Crippen molar-refractivity contribution in [2.75, 3.05) is 33.4 Å². The number of rotatable bonds is 7. The molecular weight excluding hydrogens is 330 g/mol. The molecule has 1 saturated heterocycles. The minimum Gasteiger partial charge on any atom is -0.493 e. The van der Waals surface area contributed by atoms with E-state index in [1.165, 1.54) is 0 Å². The van der Waals surface area contributed by atoms with Crippen LogP contribution in [0.25, 0.3) is 0 Å². The van der Waals surface area contributed by atoms with Gasteiger partial charge in [0.15, 0.2) is 0 Å². The van der Waals surface area contributed by atoms with E-state index in [9.17, 15) is 4.79 Å². The standard InChI is InChI=1S/C20H27N3O3/c1-3-26-18-9-5-4-8-17(18)20(24)23-11-6-7-16(15-23)19-21-10-12-22(19)13-14-25-2/h4-5,8-10,12,16H,3,6-7,11,13-15H2,1-2H3. The first-order chi connectivity index (χ1) is 12.7. The van der Waals surface area contributed by atoms with Crippen LogP contribution in [-0.2, 0) is 11.3 Å². The molecule has 1 fully saturated rings. The van der Waals surface area contributed by atoms with Crippen LogP contribution >= 0.6 is 0 Å². The van der Waals surface area contributed by atoms with Gasteiger partial charge in [-0.05, 0) is 31.9 Å². The topological polar surface area (TPSA) is 56.6 Å². The zero-order chi connectivity index (χ0) is 18.4. The Hall–Kier alpha value is -2.34. The van der Waals surface area contributed by atoms with Crippen LogP contribution in [0.1, 0.15) is 41.9 Å². The molecule has 2 heterocycles. The fourth-order valence-electron chi connectivity index (χ4n) is 3.53. The van der Waals surface area contributed by atoms with Gasteiger partial charge in [0.1, 0.15) is 11.6 Å². The molecule has 0 N–H and O–H groups in total. The van der Waals surface area contributed by atoms with Crippen molar-refractivity contribution in [1.29, 1.82) is 0 Å². The normalized spacial score (nSPS) is 17.3. The number of likely N-dealkylation sites (tertiary alicyclic amines) is 1. The number of carbonyl (C=O) groups is 1. The lowest BCUT2D eigenvalue weighted by molar-refractivity contribution is 0.0698. The molecule has 26 heavy (non-hydrogen) atoms. The molecule has 6 heteroatoms. The number of nitrogens with zero attached hydrogens (tertiary/aromatic N) is 3. The Labute approximate surface area is 154 Å². The number of benzene rings is 1. The Bertz CT molecular complexity index is 729. The summed E-state index contributed by atoms with van der Waals surface area (Å²) >= 11 is 0. The second kappa shape index (κ2) is 8.85. The van der Waals surface area contributed by atoms with Gasteiger partial charge in [0.25, 0.3) is 5.91 Å². The number of hydrogen-bond donors (Lipinski definition) is 0. The maximum absolute atomic E-state index is 13.1. The highest BCUT2D eigenvalue weighted by atomic mass is 16.5. The molecule has 0 aliphatic carbocycles. The molecular formula is C20H27N3O3. The van der Waals surface area contributed by atoms with Gasteiger partial charge < -0.3 is 18.9 Å². The van der Waals surface area contributed by atoms with Gasteiger partial charge in [-0.25, -0.2) is 4.98 Å². The van der Waals surface area contributed by atoms with Crippen molar-refractivity contribution in [3.8, 4) is 5.75 Å². The maximum Gasteiger partial charge on any atom is 0.257 e. The van der Waals surface area contributed by atoms with Gasteiger partial charge >= 0.3 is 0 Å². The van der Waals surface area contributed by atoms with Crippen molar-refractivity contribution in [2.45, 2.75) is 32.2 Å². The van der Waals surface area contributed by atoms with Gasteiger partial charge in [-0.15, -0.1) is 0 Å². The average Bonchev–Trinajstić information content (AvgIpc) is 3.15. The summed E-state index contributed by atoms with van der Waals surface area (Å²) in [5.74, 6) is 1.98. The summed E-state index contributed by atoms with van der Waals surface area (Å²) in [5, 5.41) is 0. The van der Waals surface area contributed by atoms with Crippen molar-refractivity contribution in [3.05, 3.63) is 48.0 Å². The molecule has 1 atom stereocenters. The van der Waals surface area contributed by atoms with E-state index >= 15 is 0 Å². The quantitative estimate of drug-likeness (QED) is 0.764. The van der Waals surface area contributed by atoms with E-state index in [2.05, 4.69) is 9.55 Å². The number of hydrogen-bond acceptors (Lipinski definition) is 4. The summed E-state index contributed by atoms with van der Waals surface area (Å²) in [6.07, 6.45) is 5.83. The van der Waals surface area contributed by atoms with E-state index in [0.717, 1.165) is 31.8 Å². The summed E-state index contributed by atoms with van der Waals surface area (Å²) in [6.45, 7) is 5.36. The van der Waals surface area contributed by atoms with E-state index in [-0.39, 0.29) is 11.8 Å². The Morgan fingerprint density at radius 2 is 2.19 bits per heavy atom. The van der Waals surface area contributed by atoms with Crippen molar-refractivity contribution >= 4 is 5.91 Å². The Kier molecular flexibility index (Phi) is 6.28. The minimum atomic E-state index is 0.0359. The molecule has 1 amide bonds. The summed E-state index contributed by atoms with van der Waals surface area (Å²) in [7, 11) is 1.70. The van der Waals surface area contributed by atoms with E-state index in [4.69, 9.17) is 9.47 Å². The SMILES string of the molecule is CCOc1ccccc1C(=O)N1CCCC(c2nccn2CCOC)C1. The predicted molar refractivity (Wildman–Crippen MR) is 99.6 cm³/mol. The van der Waals surface area contributed by atoms with Gasteiger partial charge in [-0.3, -0.25) is 4.79 Å². The highest BCUT2D eigenvalue weighted by Gasteiger charge is 2.29. The van der Waals surface area contributed by atoms with E-state index in [0.29, 0.717) is 31.1 Å². The van der Waals surface area contributed by atoms with E-state index in [1.807, 2.05) is 48.5 Å². The van der Waals surface area contributed by atoms with Crippen LogP contribution in [0.5, 0.6) is 5.75 Å². The molecule has 1 aromatic carbocycles. The second-order valence-corrected chi connectivity index (χ2v) is 6.49. The van der Waals surface area contributed by atoms with Crippen molar-refractivity contribution in [1.82, 2.24) is 14.5 Å². The van der Waals surface area contributed by atoms with Crippen LogP contribution in [0.15, 0.2) is 36.7 Å². The van der Waals surface area contributed by atoms with Gasteiger partial charge in [0.05, 0.1) is 18.8 Å². The molecule has 1 aliphatic heterocycles. The van der Waals surface area contributed by atoms with Gasteiger partial charge in [0, 0.05) is 45.1 Å². The highest BCUT2D eigenvalue weighted by molar-refractivity contribution is 5.97. The minimum absolute atomic E-state index is 0.0359. The third kappa shape index (κ3) is 4.07. The molecule has 1 unspecified atom stereocenters. The predicted octanol–water partition coefficient (Wildman–Crippen LogP) is 2.95. The van der Waals surface area contributed by atoms with E-state index < -0.39 is 0 Å². The van der Waals surface area contributed by atoms with Crippen molar-refractivity contribution in [3.63, 3.8) is 0 Å². The van der Waals surface area contributed by atoms with Crippen LogP contribution in [0.2, 0.25) is 0 Å². The van der Waals surface area contributed by atoms with Crippen LogP contribution < -0.4 is 4.74 Å². The van der Waals surface area contributed by atoms with Crippen LogP contribution in [0.3, 0.4) is 0 Å². The molecule has 1 aromatic heterocycles. The molecule has 3 rings (SSSR count). The molecule has 0 spiro atoms. The zero-order valence-electron chi connectivity index (χ0n) is 15.6. The molecule has 0 bridgehead atoms. The average molecular weight is 357 g/mol. The molecule has 2 aromatic rings. The summed E-state index contributed by atoms with van der Waals surface area (Å²) in [5.41, 5.74) is 0.637. The Morgan fingerprint density at radius 3 is 3.00 bits per heavy atom. The number of ether oxygens (including phenoxy) is 2. The second-order valence-electron chi connectivity index (χ2n) is 6.49. The lowest BCUT2D eigenvalue weighted by Crippen LogP contribution is -2.40. The van der Waals surface area contributed by atoms with Gasteiger partial charge in [-0.2, -0.15) is 0 Å². The van der Waals surface area contributed by atoms with Crippen molar-refractivity contribution < 1.29 is 14.3 Å². The molecule has 0 saturated carbocycles. The molecule has 6 nitrogen and oxygen atoms in total. The third-order valence-electron chi connectivity index (χ3n) is 4.78. The first-order valence-electron chi connectivity index (χ1n) is 9.25. The smallest absolute Gasteiger partial charge is 0.257 e. The number of piperidine rings is 1. The Balaban J connectivity index is 1.75. The van der Waals surface area contributed by atoms with Crippen LogP contribution in [0.4, 0.5) is 0 Å². The third-order valence-corrected chi connectivity index (χ3v) is 4.78.